The van der Waals surface area contributed by atoms with Gasteiger partial charge in [-0.25, -0.2) is 0 Å². The number of carbonyl (C=O) groups excluding carboxylic acids is 1. The highest BCUT2D eigenvalue weighted by Crippen LogP contribution is 2.30. The van der Waals surface area contributed by atoms with E-state index >= 15 is 0 Å². The van der Waals surface area contributed by atoms with Crippen LogP contribution in [0.2, 0.25) is 0 Å². The van der Waals surface area contributed by atoms with Gasteiger partial charge in [-0.05, 0) is 35.4 Å². The van der Waals surface area contributed by atoms with Crippen molar-refractivity contribution in [3.05, 3.63) is 83.4 Å². The molecule has 3 rings (SSSR count). The average Bonchev–Trinajstić information content (AvgIpc) is 2.72. The second-order valence-electron chi connectivity index (χ2n) is 6.18. The van der Waals surface area contributed by atoms with Gasteiger partial charge in [-0.15, -0.1) is 0 Å². The van der Waals surface area contributed by atoms with Gasteiger partial charge in [-0.1, -0.05) is 60.7 Å². The molecule has 0 saturated carbocycles. The number of nitrogens with one attached hydrogen (secondary N) is 1. The van der Waals surface area contributed by atoms with Crippen molar-refractivity contribution < 1.29 is 9.53 Å². The summed E-state index contributed by atoms with van der Waals surface area (Å²) in [6.07, 6.45) is 1.59. The van der Waals surface area contributed by atoms with Gasteiger partial charge in [0.1, 0.15) is 17.4 Å². The quantitative estimate of drug-likeness (QED) is 0.535. The molecule has 134 valence electrons. The highest BCUT2D eigenvalue weighted by atomic mass is 16.5. The fourth-order valence-corrected chi connectivity index (χ4v) is 2.99. The molecule has 1 atom stereocenters. The number of methoxy groups -OCH3 is 1. The molecule has 0 saturated heterocycles. The maximum atomic E-state index is 12.7. The summed E-state index contributed by atoms with van der Waals surface area (Å²) in [6, 6.07) is 23.0. The van der Waals surface area contributed by atoms with E-state index < -0.39 is 5.91 Å². The van der Waals surface area contributed by atoms with Gasteiger partial charge < -0.3 is 10.1 Å². The van der Waals surface area contributed by atoms with Crippen LogP contribution in [0.4, 0.5) is 0 Å². The molecule has 3 aromatic carbocycles. The van der Waals surface area contributed by atoms with Crippen molar-refractivity contribution in [2.45, 2.75) is 13.0 Å². The molecule has 0 aliphatic carbocycles. The zero-order valence-electron chi connectivity index (χ0n) is 15.3. The number of ether oxygens (including phenoxy) is 1. The molecular weight excluding hydrogens is 336 g/mol. The molecule has 27 heavy (non-hydrogen) atoms. The van der Waals surface area contributed by atoms with Crippen molar-refractivity contribution in [1.82, 2.24) is 5.32 Å². The zero-order chi connectivity index (χ0) is 19.2. The third-order valence-corrected chi connectivity index (χ3v) is 4.45. The first-order valence-corrected chi connectivity index (χ1v) is 8.67. The molecule has 0 radical (unpaired) electrons. The monoisotopic (exact) mass is 356 g/mol. The third-order valence-electron chi connectivity index (χ3n) is 4.45. The summed E-state index contributed by atoms with van der Waals surface area (Å²) >= 11 is 0. The number of rotatable bonds is 5. The van der Waals surface area contributed by atoms with E-state index in [-0.39, 0.29) is 11.6 Å². The van der Waals surface area contributed by atoms with Gasteiger partial charge in [0.05, 0.1) is 13.2 Å². The maximum Gasteiger partial charge on any atom is 0.262 e. The Morgan fingerprint density at radius 2 is 1.78 bits per heavy atom. The summed E-state index contributed by atoms with van der Waals surface area (Å²) in [6.45, 7) is 1.89. The Morgan fingerprint density at radius 3 is 2.48 bits per heavy atom. The van der Waals surface area contributed by atoms with Gasteiger partial charge in [0.25, 0.3) is 5.91 Å². The van der Waals surface area contributed by atoms with E-state index in [0.29, 0.717) is 5.75 Å². The fourth-order valence-electron chi connectivity index (χ4n) is 2.99. The molecule has 0 fully saturated rings. The summed E-state index contributed by atoms with van der Waals surface area (Å²) in [5.41, 5.74) is 1.73. The van der Waals surface area contributed by atoms with E-state index in [9.17, 15) is 10.1 Å². The first kappa shape index (κ1) is 18.2. The van der Waals surface area contributed by atoms with Crippen LogP contribution in [0.3, 0.4) is 0 Å². The minimum atomic E-state index is -0.413. The number of hydrogen-bond acceptors (Lipinski definition) is 3. The maximum absolute atomic E-state index is 12.7. The predicted molar refractivity (Wildman–Crippen MR) is 107 cm³/mol. The van der Waals surface area contributed by atoms with E-state index in [1.807, 2.05) is 79.7 Å². The highest BCUT2D eigenvalue weighted by Gasteiger charge is 2.15. The Balaban J connectivity index is 1.96. The van der Waals surface area contributed by atoms with Crippen molar-refractivity contribution >= 4 is 22.8 Å². The molecule has 0 heterocycles. The minimum absolute atomic E-state index is 0.0347. The molecule has 3 aromatic rings. The summed E-state index contributed by atoms with van der Waals surface area (Å²) in [4.78, 5) is 12.7. The molecule has 4 heteroatoms. The summed E-state index contributed by atoms with van der Waals surface area (Å²) in [7, 11) is 1.57. The fraction of sp³-hybridized carbons (Fsp3) is 0.130. The molecule has 0 aliphatic rings. The van der Waals surface area contributed by atoms with Crippen molar-refractivity contribution in [3.63, 3.8) is 0 Å². The Bertz CT molecular complexity index is 1030. The predicted octanol–water partition coefficient (Wildman–Crippen LogP) is 4.63. The minimum Gasteiger partial charge on any atom is -0.496 e. The van der Waals surface area contributed by atoms with Crippen LogP contribution in [0.1, 0.15) is 24.1 Å². The van der Waals surface area contributed by atoms with Gasteiger partial charge in [0.2, 0.25) is 0 Å². The molecule has 0 aliphatic heterocycles. The number of fused-ring (bicyclic) bond motifs is 1. The van der Waals surface area contributed by atoms with E-state index in [1.54, 1.807) is 13.2 Å². The Morgan fingerprint density at radius 1 is 1.07 bits per heavy atom. The van der Waals surface area contributed by atoms with Crippen molar-refractivity contribution in [1.29, 1.82) is 5.26 Å². The zero-order valence-corrected chi connectivity index (χ0v) is 15.3. The topological polar surface area (TPSA) is 62.1 Å². The summed E-state index contributed by atoms with van der Waals surface area (Å²) < 4.78 is 5.44. The van der Waals surface area contributed by atoms with Crippen LogP contribution in [0.25, 0.3) is 16.8 Å². The van der Waals surface area contributed by atoms with Crippen molar-refractivity contribution in [2.24, 2.45) is 0 Å². The molecule has 1 amide bonds. The smallest absolute Gasteiger partial charge is 0.262 e. The van der Waals surface area contributed by atoms with E-state index in [1.165, 1.54) is 0 Å². The van der Waals surface area contributed by atoms with Crippen LogP contribution in [-0.2, 0) is 4.79 Å². The van der Waals surface area contributed by atoms with Crippen LogP contribution >= 0.6 is 0 Å². The lowest BCUT2D eigenvalue weighted by Crippen LogP contribution is -2.27. The number of nitriles is 1. The molecule has 0 aromatic heterocycles. The summed E-state index contributed by atoms with van der Waals surface area (Å²) in [5, 5.41) is 14.4. The first-order chi connectivity index (χ1) is 13.1. The SMILES string of the molecule is COc1ccc2ccccc2c1C=C(C#N)C(=O)NC(C)c1ccccc1. The number of hydrogen-bond donors (Lipinski definition) is 1. The van der Waals surface area contributed by atoms with Crippen molar-refractivity contribution in [2.75, 3.05) is 7.11 Å². The second kappa shape index (κ2) is 8.20. The van der Waals surface area contributed by atoms with Gasteiger partial charge >= 0.3 is 0 Å². The number of amides is 1. The summed E-state index contributed by atoms with van der Waals surface area (Å²) in [5.74, 6) is 0.203. The third kappa shape index (κ3) is 3.99. The Hall–Kier alpha value is -3.58. The van der Waals surface area contributed by atoms with Crippen LogP contribution in [-0.4, -0.2) is 13.0 Å². The molecule has 4 nitrogen and oxygen atoms in total. The van der Waals surface area contributed by atoms with E-state index in [4.69, 9.17) is 4.74 Å². The average molecular weight is 356 g/mol. The second-order valence-corrected chi connectivity index (χ2v) is 6.18. The van der Waals surface area contributed by atoms with Crippen LogP contribution in [0, 0.1) is 11.3 Å². The molecule has 1 N–H and O–H groups in total. The standard InChI is InChI=1S/C23H20N2O2/c1-16(17-8-4-3-5-9-17)25-23(26)19(15-24)14-21-20-11-7-6-10-18(20)12-13-22(21)27-2/h3-14,16H,1-2H3,(H,25,26). The lowest BCUT2D eigenvalue weighted by molar-refractivity contribution is -0.117. The van der Waals surface area contributed by atoms with Crippen LogP contribution in [0.15, 0.2) is 72.3 Å². The normalized spacial score (nSPS) is 12.3. The number of carbonyl (C=O) groups is 1. The Kier molecular flexibility index (Phi) is 5.53. The van der Waals surface area contributed by atoms with Gasteiger partial charge in [0, 0.05) is 5.56 Å². The van der Waals surface area contributed by atoms with Crippen molar-refractivity contribution in [3.8, 4) is 11.8 Å². The van der Waals surface area contributed by atoms with Gasteiger partial charge in [-0.3, -0.25) is 4.79 Å². The molecule has 0 spiro atoms. The molecule has 0 bridgehead atoms. The van der Waals surface area contributed by atoms with Crippen LogP contribution < -0.4 is 10.1 Å². The van der Waals surface area contributed by atoms with E-state index in [2.05, 4.69) is 5.32 Å². The lowest BCUT2D eigenvalue weighted by atomic mass is 10.0. The lowest BCUT2D eigenvalue weighted by Gasteiger charge is -2.14. The number of benzene rings is 3. The molecule has 1 unspecified atom stereocenters. The van der Waals surface area contributed by atoms with Gasteiger partial charge in [0.15, 0.2) is 0 Å². The number of nitrogens with zero attached hydrogens (tertiary/aromatic N) is 1. The highest BCUT2D eigenvalue weighted by molar-refractivity contribution is 6.05. The largest absolute Gasteiger partial charge is 0.496 e. The van der Waals surface area contributed by atoms with Gasteiger partial charge in [-0.2, -0.15) is 5.26 Å². The Labute approximate surface area is 158 Å². The molecular formula is C23H20N2O2. The first-order valence-electron chi connectivity index (χ1n) is 8.67. The van der Waals surface area contributed by atoms with E-state index in [0.717, 1.165) is 21.9 Å². The van der Waals surface area contributed by atoms with Crippen LogP contribution in [0.5, 0.6) is 5.75 Å².